The van der Waals surface area contributed by atoms with Crippen molar-refractivity contribution in [1.29, 1.82) is 0 Å². The Bertz CT molecular complexity index is 1310. The molecule has 3 aromatic carbocycles. The number of carbonyl (C=O) groups is 2. The van der Waals surface area contributed by atoms with Crippen LogP contribution in [0.4, 0.5) is 5.69 Å². The quantitative estimate of drug-likeness (QED) is 0.381. The van der Waals surface area contributed by atoms with Crippen molar-refractivity contribution in [1.82, 2.24) is 10.2 Å². The van der Waals surface area contributed by atoms with E-state index in [0.717, 1.165) is 27.3 Å². The summed E-state index contributed by atoms with van der Waals surface area (Å²) in [6.45, 7) is 3.99. The average molecular weight is 538 g/mol. The number of rotatable bonds is 12. The van der Waals surface area contributed by atoms with Crippen LogP contribution in [0.25, 0.3) is 0 Å². The van der Waals surface area contributed by atoms with Crippen LogP contribution in [0.15, 0.2) is 78.9 Å². The topological polar surface area (TPSA) is 96.0 Å². The van der Waals surface area contributed by atoms with Crippen LogP contribution < -0.4 is 14.4 Å². The first-order valence-electron chi connectivity index (χ1n) is 12.4. The first kappa shape index (κ1) is 28.7. The molecule has 38 heavy (non-hydrogen) atoms. The summed E-state index contributed by atoms with van der Waals surface area (Å²) in [6, 6.07) is 22.8. The molecule has 9 heteroatoms. The minimum atomic E-state index is -3.82. The zero-order chi connectivity index (χ0) is 27.7. The van der Waals surface area contributed by atoms with E-state index >= 15 is 0 Å². The van der Waals surface area contributed by atoms with Gasteiger partial charge in [0.15, 0.2) is 0 Å². The third-order valence-corrected chi connectivity index (χ3v) is 7.25. The standard InChI is InChI=1S/C29H35N3O5S/c1-5-37-26-17-15-25(16-18-26)32(38(4,35)36)21-28(33)31(20-24-13-11-22(2)12-14-24)27(29(34)30-3)19-23-9-7-6-8-10-23/h6-18,27H,5,19-21H2,1-4H3,(H,30,34)/t27-/m0/s1. The highest BCUT2D eigenvalue weighted by molar-refractivity contribution is 7.92. The van der Waals surface area contributed by atoms with E-state index in [9.17, 15) is 18.0 Å². The van der Waals surface area contributed by atoms with E-state index in [1.807, 2.05) is 68.4 Å². The molecule has 3 aromatic rings. The van der Waals surface area contributed by atoms with Crippen molar-refractivity contribution in [3.63, 3.8) is 0 Å². The molecule has 0 radical (unpaired) electrons. The van der Waals surface area contributed by atoms with E-state index in [-0.39, 0.29) is 18.9 Å². The fourth-order valence-corrected chi connectivity index (χ4v) is 4.95. The molecule has 0 bridgehead atoms. The summed E-state index contributed by atoms with van der Waals surface area (Å²) < 4.78 is 32.1. The number of aryl methyl sites for hydroxylation is 1. The van der Waals surface area contributed by atoms with Gasteiger partial charge in [-0.1, -0.05) is 60.2 Å². The molecule has 0 spiro atoms. The Morgan fingerprint density at radius 2 is 1.55 bits per heavy atom. The van der Waals surface area contributed by atoms with Crippen LogP contribution in [0.3, 0.4) is 0 Å². The molecule has 0 aliphatic heterocycles. The van der Waals surface area contributed by atoms with E-state index in [1.165, 1.54) is 11.9 Å². The summed E-state index contributed by atoms with van der Waals surface area (Å²) >= 11 is 0. The van der Waals surface area contributed by atoms with Crippen LogP contribution in [0, 0.1) is 6.92 Å². The van der Waals surface area contributed by atoms with Gasteiger partial charge in [-0.05, 0) is 49.2 Å². The molecular weight excluding hydrogens is 502 g/mol. The third kappa shape index (κ3) is 7.82. The lowest BCUT2D eigenvalue weighted by Gasteiger charge is -2.33. The zero-order valence-corrected chi connectivity index (χ0v) is 23.1. The maximum absolute atomic E-state index is 13.9. The van der Waals surface area contributed by atoms with Crippen LogP contribution in [0.1, 0.15) is 23.6 Å². The molecule has 0 saturated carbocycles. The average Bonchev–Trinajstić information content (AvgIpc) is 2.90. The molecule has 3 rings (SSSR count). The minimum Gasteiger partial charge on any atom is -0.494 e. The Morgan fingerprint density at radius 1 is 0.921 bits per heavy atom. The number of amides is 2. The van der Waals surface area contributed by atoms with Crippen molar-refractivity contribution in [3.05, 3.63) is 95.6 Å². The lowest BCUT2D eigenvalue weighted by atomic mass is 10.0. The van der Waals surface area contributed by atoms with Crippen molar-refractivity contribution in [2.75, 3.05) is 30.8 Å². The summed E-state index contributed by atoms with van der Waals surface area (Å²) in [5, 5.41) is 2.67. The molecule has 1 atom stereocenters. The largest absolute Gasteiger partial charge is 0.494 e. The van der Waals surface area contributed by atoms with Gasteiger partial charge in [0.05, 0.1) is 18.6 Å². The van der Waals surface area contributed by atoms with Gasteiger partial charge < -0.3 is 15.0 Å². The van der Waals surface area contributed by atoms with Crippen LogP contribution in [-0.4, -0.2) is 57.6 Å². The number of benzene rings is 3. The highest BCUT2D eigenvalue weighted by atomic mass is 32.2. The van der Waals surface area contributed by atoms with Crippen molar-refractivity contribution in [3.8, 4) is 5.75 Å². The summed E-state index contributed by atoms with van der Waals surface area (Å²) in [4.78, 5) is 28.5. The number of sulfonamides is 1. The van der Waals surface area contributed by atoms with Crippen molar-refractivity contribution >= 4 is 27.5 Å². The second kappa shape index (κ2) is 13.1. The Morgan fingerprint density at radius 3 is 2.11 bits per heavy atom. The SMILES string of the molecule is CCOc1ccc(N(CC(=O)N(Cc2ccc(C)cc2)[C@@H](Cc2ccccc2)C(=O)NC)S(C)(=O)=O)cc1. The van der Waals surface area contributed by atoms with E-state index < -0.39 is 28.5 Å². The lowest BCUT2D eigenvalue weighted by molar-refractivity contribution is -0.139. The molecule has 8 nitrogen and oxygen atoms in total. The normalized spacial score (nSPS) is 11.9. The maximum Gasteiger partial charge on any atom is 0.244 e. The molecule has 0 heterocycles. The molecule has 1 N–H and O–H groups in total. The maximum atomic E-state index is 13.9. The highest BCUT2D eigenvalue weighted by Gasteiger charge is 2.32. The van der Waals surface area contributed by atoms with Crippen molar-refractivity contribution in [2.24, 2.45) is 0 Å². The van der Waals surface area contributed by atoms with E-state index in [0.29, 0.717) is 18.0 Å². The summed E-state index contributed by atoms with van der Waals surface area (Å²) in [5.74, 6) is -0.227. The predicted molar refractivity (Wildman–Crippen MR) is 150 cm³/mol. The molecule has 0 aliphatic carbocycles. The monoisotopic (exact) mass is 537 g/mol. The van der Waals surface area contributed by atoms with Gasteiger partial charge in [-0.25, -0.2) is 8.42 Å². The number of hydrogen-bond donors (Lipinski definition) is 1. The van der Waals surface area contributed by atoms with Gasteiger partial charge in [-0.2, -0.15) is 0 Å². The van der Waals surface area contributed by atoms with Gasteiger partial charge in [-0.15, -0.1) is 0 Å². The number of carbonyl (C=O) groups excluding carboxylic acids is 2. The summed E-state index contributed by atoms with van der Waals surface area (Å²) in [7, 11) is -2.29. The van der Waals surface area contributed by atoms with Gasteiger partial charge in [0, 0.05) is 20.0 Å². The Kier molecular flexibility index (Phi) is 9.90. The predicted octanol–water partition coefficient (Wildman–Crippen LogP) is 3.55. The van der Waals surface area contributed by atoms with Crippen LogP contribution in [0.2, 0.25) is 0 Å². The molecule has 0 aromatic heterocycles. The van der Waals surface area contributed by atoms with E-state index in [1.54, 1.807) is 24.3 Å². The smallest absolute Gasteiger partial charge is 0.244 e. The Labute approximate surface area is 225 Å². The fraction of sp³-hybridized carbons (Fsp3) is 0.310. The third-order valence-electron chi connectivity index (χ3n) is 6.11. The van der Waals surface area contributed by atoms with Gasteiger partial charge >= 0.3 is 0 Å². The number of ether oxygens (including phenoxy) is 1. The highest BCUT2D eigenvalue weighted by Crippen LogP contribution is 2.23. The fourth-order valence-electron chi connectivity index (χ4n) is 4.10. The molecule has 0 fully saturated rings. The number of likely N-dealkylation sites (N-methyl/N-ethyl adjacent to an activating group) is 1. The second-order valence-electron chi connectivity index (χ2n) is 9.02. The second-order valence-corrected chi connectivity index (χ2v) is 10.9. The number of nitrogens with one attached hydrogen (secondary N) is 1. The van der Waals surface area contributed by atoms with Crippen LogP contribution in [-0.2, 0) is 32.6 Å². The van der Waals surface area contributed by atoms with E-state index in [4.69, 9.17) is 4.74 Å². The summed E-state index contributed by atoms with van der Waals surface area (Å²) in [6.07, 6.45) is 1.33. The number of anilines is 1. The van der Waals surface area contributed by atoms with Gasteiger partial charge in [0.2, 0.25) is 21.8 Å². The zero-order valence-electron chi connectivity index (χ0n) is 22.3. The molecule has 0 unspecified atom stereocenters. The first-order chi connectivity index (χ1) is 18.1. The molecule has 202 valence electrons. The molecule has 0 saturated heterocycles. The lowest BCUT2D eigenvalue weighted by Crippen LogP contribution is -2.52. The number of nitrogens with zero attached hydrogens (tertiary/aromatic N) is 2. The van der Waals surface area contributed by atoms with Gasteiger partial charge in [-0.3, -0.25) is 13.9 Å². The van der Waals surface area contributed by atoms with Crippen molar-refractivity contribution in [2.45, 2.75) is 32.9 Å². The minimum absolute atomic E-state index is 0.144. The van der Waals surface area contributed by atoms with E-state index in [2.05, 4.69) is 5.32 Å². The molecule has 0 aliphatic rings. The summed E-state index contributed by atoms with van der Waals surface area (Å²) in [5.41, 5.74) is 3.11. The van der Waals surface area contributed by atoms with Gasteiger partial charge in [0.25, 0.3) is 0 Å². The van der Waals surface area contributed by atoms with Crippen LogP contribution >= 0.6 is 0 Å². The Balaban J connectivity index is 1.99. The van der Waals surface area contributed by atoms with Crippen molar-refractivity contribution < 1.29 is 22.7 Å². The van der Waals surface area contributed by atoms with Crippen LogP contribution in [0.5, 0.6) is 5.75 Å². The van der Waals surface area contributed by atoms with Gasteiger partial charge in [0.1, 0.15) is 18.3 Å². The first-order valence-corrected chi connectivity index (χ1v) is 14.3. The molecular formula is C29H35N3O5S. The number of hydrogen-bond acceptors (Lipinski definition) is 5. The molecule has 2 amide bonds. The Hall–Kier alpha value is -3.85.